The van der Waals surface area contributed by atoms with Crippen molar-refractivity contribution >= 4 is 29.1 Å². The molecule has 3 aromatic rings. The first-order valence-corrected chi connectivity index (χ1v) is 6.71. The minimum Gasteiger partial charge on any atom is -0.249 e. The van der Waals surface area contributed by atoms with E-state index in [0.29, 0.717) is 0 Å². The smallest absolute Gasteiger partial charge is 0.249 e. The van der Waals surface area contributed by atoms with Gasteiger partial charge in [-0.05, 0) is 41.7 Å². The molecule has 0 N–H and O–H groups in total. The molecule has 0 amide bonds. The second kappa shape index (κ2) is 3.68. The van der Waals surface area contributed by atoms with Crippen LogP contribution < -0.4 is 0 Å². The van der Waals surface area contributed by atoms with E-state index < -0.39 is 7.65 Å². The summed E-state index contributed by atoms with van der Waals surface area (Å²) in [6.07, 6.45) is 0. The van der Waals surface area contributed by atoms with Gasteiger partial charge >= 0.3 is 7.65 Å². The molecule has 1 aromatic heterocycles. The quantitative estimate of drug-likeness (QED) is 0.523. The average molecular weight is 243 g/mol. The van der Waals surface area contributed by atoms with Gasteiger partial charge in [-0.2, -0.15) is 0 Å². The molecule has 3 rings (SSSR count). The summed E-state index contributed by atoms with van der Waals surface area (Å²) in [4.78, 5) is 0. The Kier molecular flexibility index (Phi) is 2.27. The van der Waals surface area contributed by atoms with Gasteiger partial charge in [0.1, 0.15) is 0 Å². The number of hydrogen-bond donors (Lipinski definition) is 0. The Morgan fingerprint density at radius 3 is 2.53 bits per heavy atom. The van der Waals surface area contributed by atoms with Crippen LogP contribution in [0.15, 0.2) is 40.6 Å². The minimum atomic E-state index is -1.77. The number of rotatable bonds is 0. The molecule has 1 atom stereocenters. The van der Waals surface area contributed by atoms with E-state index in [2.05, 4.69) is 13.0 Å². The van der Waals surface area contributed by atoms with Gasteiger partial charge in [0.15, 0.2) is 5.58 Å². The Morgan fingerprint density at radius 2 is 1.71 bits per heavy atom. The summed E-state index contributed by atoms with van der Waals surface area (Å²) in [7, 11) is -1.77. The lowest BCUT2D eigenvalue weighted by Gasteiger charge is -2.02. The number of aryl methyl sites for hydroxylation is 2. The van der Waals surface area contributed by atoms with Crippen LogP contribution in [0.25, 0.3) is 21.5 Å². The molecule has 2 aromatic carbocycles. The largest absolute Gasteiger partial charge is 0.597 e. The molecule has 0 aliphatic carbocycles. The topological polar surface area (TPSA) is 30.2 Å². The third kappa shape index (κ3) is 1.49. The van der Waals surface area contributed by atoms with Crippen molar-refractivity contribution in [2.75, 3.05) is 0 Å². The first-order valence-electron chi connectivity index (χ1n) is 5.53. The maximum absolute atomic E-state index is 12.0. The zero-order valence-corrected chi connectivity index (χ0v) is 10.6. The van der Waals surface area contributed by atoms with Crippen molar-refractivity contribution in [3.8, 4) is 0 Å². The summed E-state index contributed by atoms with van der Waals surface area (Å²) in [5.74, 6) is 0. The maximum Gasteiger partial charge on any atom is 0.597 e. The fourth-order valence-electron chi connectivity index (χ4n) is 2.21. The third-order valence-electron chi connectivity index (χ3n) is 3.11. The van der Waals surface area contributed by atoms with E-state index >= 15 is 0 Å². The van der Waals surface area contributed by atoms with Crippen LogP contribution in [0.5, 0.6) is 0 Å². The van der Waals surface area contributed by atoms with Crippen molar-refractivity contribution in [2.24, 2.45) is 0 Å². The van der Waals surface area contributed by atoms with Crippen molar-refractivity contribution in [2.45, 2.75) is 13.8 Å². The highest BCUT2D eigenvalue weighted by atomic mass is 31.1. The fraction of sp³-hybridized carbons (Fsp3) is 0.143. The first-order chi connectivity index (χ1) is 8.18. The standard InChI is InChI=1S/C14H12O2P/c1-9-7-8-10(2)14-13(9)11-5-3-4-6-12(11)17(15)16-14/h3-8H,1-2H3/q+1. The Bertz CT molecular complexity index is 787. The van der Waals surface area contributed by atoms with Crippen LogP contribution in [0.2, 0.25) is 0 Å². The van der Waals surface area contributed by atoms with Gasteiger partial charge in [0, 0.05) is 10.8 Å². The van der Waals surface area contributed by atoms with Gasteiger partial charge in [-0.25, -0.2) is 4.20 Å². The molecule has 84 valence electrons. The van der Waals surface area contributed by atoms with Crippen molar-refractivity contribution in [1.82, 2.24) is 0 Å². The summed E-state index contributed by atoms with van der Waals surface area (Å²) in [5, 5.41) is 2.91. The molecular formula is C14H12O2P+. The van der Waals surface area contributed by atoms with Crippen molar-refractivity contribution in [3.63, 3.8) is 0 Å². The molecule has 0 spiro atoms. The third-order valence-corrected chi connectivity index (χ3v) is 4.24. The second-order valence-electron chi connectivity index (χ2n) is 4.27. The summed E-state index contributed by atoms with van der Waals surface area (Å²) in [6, 6.07) is 11.8. The predicted octanol–water partition coefficient (Wildman–Crippen LogP) is 4.95. The lowest BCUT2D eigenvalue weighted by atomic mass is 10.0. The zero-order chi connectivity index (χ0) is 12.0. The molecule has 1 heterocycles. The van der Waals surface area contributed by atoms with E-state index in [1.165, 1.54) is 0 Å². The van der Waals surface area contributed by atoms with Crippen LogP contribution in [0.4, 0.5) is 0 Å². The lowest BCUT2D eigenvalue weighted by Crippen LogP contribution is -1.83. The van der Waals surface area contributed by atoms with Crippen LogP contribution in [0.1, 0.15) is 11.1 Å². The van der Waals surface area contributed by atoms with E-state index in [1.807, 2.05) is 37.3 Å². The molecule has 2 nitrogen and oxygen atoms in total. The molecule has 0 radical (unpaired) electrons. The highest BCUT2D eigenvalue weighted by Gasteiger charge is 2.18. The first kappa shape index (κ1) is 10.5. The van der Waals surface area contributed by atoms with E-state index in [4.69, 9.17) is 4.20 Å². The van der Waals surface area contributed by atoms with Crippen molar-refractivity contribution in [3.05, 3.63) is 47.5 Å². The van der Waals surface area contributed by atoms with Crippen LogP contribution in [-0.4, -0.2) is 0 Å². The van der Waals surface area contributed by atoms with Gasteiger partial charge in [-0.3, -0.25) is 0 Å². The van der Waals surface area contributed by atoms with Gasteiger partial charge in [0.05, 0.1) is 0 Å². The van der Waals surface area contributed by atoms with Crippen molar-refractivity contribution < 1.29 is 8.76 Å². The molecule has 0 saturated heterocycles. The lowest BCUT2D eigenvalue weighted by molar-refractivity contribution is 0.563. The normalized spacial score (nSPS) is 12.2. The molecule has 17 heavy (non-hydrogen) atoms. The number of benzene rings is 2. The Morgan fingerprint density at radius 1 is 1.00 bits per heavy atom. The number of hydrogen-bond acceptors (Lipinski definition) is 2. The monoisotopic (exact) mass is 243 g/mol. The highest BCUT2D eigenvalue weighted by molar-refractivity contribution is 7.37. The molecule has 0 aliphatic heterocycles. The summed E-state index contributed by atoms with van der Waals surface area (Å²) in [5.41, 5.74) is 2.95. The van der Waals surface area contributed by atoms with E-state index in [-0.39, 0.29) is 0 Å². The van der Waals surface area contributed by atoms with Gasteiger partial charge in [-0.15, -0.1) is 0 Å². The summed E-state index contributed by atoms with van der Waals surface area (Å²) >= 11 is 0. The van der Waals surface area contributed by atoms with Gasteiger partial charge < -0.3 is 0 Å². The van der Waals surface area contributed by atoms with Crippen LogP contribution in [0.3, 0.4) is 0 Å². The predicted molar refractivity (Wildman–Crippen MR) is 70.8 cm³/mol. The van der Waals surface area contributed by atoms with Gasteiger partial charge in [0.25, 0.3) is 0 Å². The highest BCUT2D eigenvalue weighted by Crippen LogP contribution is 2.37. The molecule has 3 heteroatoms. The van der Waals surface area contributed by atoms with Crippen LogP contribution >= 0.6 is 7.65 Å². The SMILES string of the molecule is Cc1ccc(C)c2c1o[p+](=O)c1ccccc21. The molecule has 1 unspecified atom stereocenters. The van der Waals surface area contributed by atoms with Crippen LogP contribution in [-0.2, 0) is 4.57 Å². The maximum atomic E-state index is 12.0. The molecule has 0 saturated carbocycles. The van der Waals surface area contributed by atoms with E-state index in [0.717, 1.165) is 32.6 Å². The van der Waals surface area contributed by atoms with Crippen molar-refractivity contribution in [1.29, 1.82) is 0 Å². The van der Waals surface area contributed by atoms with Gasteiger partial charge in [0.2, 0.25) is 5.12 Å². The van der Waals surface area contributed by atoms with E-state index in [1.54, 1.807) is 0 Å². The Labute approximate surface area is 99.7 Å². The average Bonchev–Trinajstić information content (AvgIpc) is 2.34. The molecule has 0 bridgehead atoms. The number of fused-ring (bicyclic) bond motifs is 3. The summed E-state index contributed by atoms with van der Waals surface area (Å²) in [6.45, 7) is 4.03. The second-order valence-corrected chi connectivity index (χ2v) is 5.45. The van der Waals surface area contributed by atoms with Gasteiger partial charge in [-0.1, -0.05) is 24.3 Å². The molecular weight excluding hydrogens is 231 g/mol. The Hall–Kier alpha value is -1.66. The van der Waals surface area contributed by atoms with Crippen LogP contribution in [0, 0.1) is 13.8 Å². The fourth-order valence-corrected chi connectivity index (χ4v) is 3.30. The summed E-state index contributed by atoms with van der Waals surface area (Å²) < 4.78 is 17.6. The van der Waals surface area contributed by atoms with E-state index in [9.17, 15) is 4.57 Å². The molecule has 0 aliphatic rings. The molecule has 0 fully saturated rings. The zero-order valence-electron chi connectivity index (χ0n) is 9.73. The Balaban J connectivity index is 2.73. The minimum absolute atomic E-state index is 0.768.